The molecule has 0 saturated heterocycles. The van der Waals surface area contributed by atoms with Crippen LogP contribution in [0.15, 0.2) is 60.8 Å². The first-order chi connectivity index (χ1) is 13.5. The Morgan fingerprint density at radius 2 is 1.48 bits per heavy atom. The zero-order valence-corrected chi connectivity index (χ0v) is 14.6. The van der Waals surface area contributed by atoms with Gasteiger partial charge >= 0.3 is 12.4 Å². The van der Waals surface area contributed by atoms with Crippen molar-refractivity contribution < 1.29 is 31.1 Å². The lowest BCUT2D eigenvalue weighted by Crippen LogP contribution is -2.17. The van der Waals surface area contributed by atoms with Crippen LogP contribution in [0.2, 0.25) is 0 Å². The third-order valence-corrected chi connectivity index (χ3v) is 3.89. The highest BCUT2D eigenvalue weighted by Crippen LogP contribution is 2.36. The van der Waals surface area contributed by atoms with E-state index >= 15 is 0 Å². The number of benzene rings is 2. The van der Waals surface area contributed by atoms with E-state index in [1.807, 2.05) is 0 Å². The first kappa shape index (κ1) is 20.4. The van der Waals surface area contributed by atoms with E-state index < -0.39 is 41.4 Å². The van der Waals surface area contributed by atoms with Crippen LogP contribution in [-0.4, -0.2) is 15.7 Å². The topological polar surface area (TPSA) is 46.9 Å². The Morgan fingerprint density at radius 3 is 2.03 bits per heavy atom. The molecule has 29 heavy (non-hydrogen) atoms. The molecule has 10 heteroatoms. The van der Waals surface area contributed by atoms with Gasteiger partial charge in [0.2, 0.25) is 5.91 Å². The van der Waals surface area contributed by atoms with Crippen LogP contribution in [0, 0.1) is 0 Å². The van der Waals surface area contributed by atoms with Crippen molar-refractivity contribution in [1.82, 2.24) is 9.78 Å². The first-order valence-electron chi connectivity index (χ1n) is 8.22. The number of hydrogen-bond acceptors (Lipinski definition) is 2. The number of rotatable bonds is 4. The molecule has 2 aromatic carbocycles. The van der Waals surface area contributed by atoms with Crippen LogP contribution >= 0.6 is 0 Å². The van der Waals surface area contributed by atoms with Gasteiger partial charge < -0.3 is 5.32 Å². The molecule has 1 heterocycles. The van der Waals surface area contributed by atoms with Crippen molar-refractivity contribution in [1.29, 1.82) is 0 Å². The lowest BCUT2D eigenvalue weighted by Gasteiger charge is -2.14. The number of nitrogens with one attached hydrogen (secondary N) is 1. The molecule has 0 radical (unpaired) electrons. The Balaban J connectivity index is 1.78. The molecule has 0 atom stereocenters. The van der Waals surface area contributed by atoms with Crippen LogP contribution in [-0.2, 0) is 23.6 Å². The van der Waals surface area contributed by atoms with Gasteiger partial charge in [0, 0.05) is 12.3 Å². The number of amides is 1. The van der Waals surface area contributed by atoms with E-state index in [9.17, 15) is 31.1 Å². The summed E-state index contributed by atoms with van der Waals surface area (Å²) in [4.78, 5) is 12.1. The Labute approximate surface area is 160 Å². The molecule has 0 unspecified atom stereocenters. The molecule has 1 N–H and O–H groups in total. The third-order valence-electron chi connectivity index (χ3n) is 3.89. The zero-order valence-electron chi connectivity index (χ0n) is 14.6. The molecule has 0 aliphatic heterocycles. The van der Waals surface area contributed by atoms with Crippen LogP contribution in [0.25, 0.3) is 5.69 Å². The van der Waals surface area contributed by atoms with Gasteiger partial charge in [-0.25, -0.2) is 4.68 Å². The monoisotopic (exact) mass is 413 g/mol. The minimum Gasteiger partial charge on any atom is -0.309 e. The fraction of sp³-hybridized carbons (Fsp3) is 0.158. The van der Waals surface area contributed by atoms with Crippen molar-refractivity contribution in [3.05, 3.63) is 77.5 Å². The van der Waals surface area contributed by atoms with E-state index in [4.69, 9.17) is 0 Å². The number of carbonyl (C=O) groups excluding carboxylic acids is 1. The Morgan fingerprint density at radius 1 is 0.897 bits per heavy atom. The Hall–Kier alpha value is -3.30. The Kier molecular flexibility index (Phi) is 5.36. The summed E-state index contributed by atoms with van der Waals surface area (Å²) in [5.41, 5.74) is -2.64. The molecule has 0 saturated carbocycles. The number of anilines is 1. The second kappa shape index (κ2) is 7.61. The van der Waals surface area contributed by atoms with Gasteiger partial charge in [-0.15, -0.1) is 0 Å². The number of carbonyl (C=O) groups is 1. The lowest BCUT2D eigenvalue weighted by molar-refractivity contribution is -0.143. The van der Waals surface area contributed by atoms with Crippen molar-refractivity contribution in [3.8, 4) is 5.69 Å². The Bertz CT molecular complexity index is 977. The summed E-state index contributed by atoms with van der Waals surface area (Å²) < 4.78 is 78.9. The lowest BCUT2D eigenvalue weighted by atomic mass is 10.0. The normalized spacial score (nSPS) is 12.1. The number of alkyl halides is 6. The van der Waals surface area contributed by atoms with E-state index in [1.54, 1.807) is 36.5 Å². The summed E-state index contributed by atoms with van der Waals surface area (Å²) >= 11 is 0. The predicted octanol–water partition coefficient (Wildman–Crippen LogP) is 5.09. The van der Waals surface area contributed by atoms with Crippen LogP contribution in [0.3, 0.4) is 0 Å². The summed E-state index contributed by atoms with van der Waals surface area (Å²) in [5, 5.41) is 6.46. The molecule has 3 aromatic rings. The molecular formula is C19H13F6N3O. The molecular weight excluding hydrogens is 400 g/mol. The quantitative estimate of drug-likeness (QED) is 0.606. The van der Waals surface area contributed by atoms with E-state index in [0.717, 1.165) is 0 Å². The van der Waals surface area contributed by atoms with Gasteiger partial charge in [-0.3, -0.25) is 4.79 Å². The molecule has 0 aliphatic rings. The molecule has 0 spiro atoms. The van der Waals surface area contributed by atoms with E-state index in [-0.39, 0.29) is 11.9 Å². The maximum absolute atomic E-state index is 12.9. The minimum absolute atomic E-state index is 0.0168. The van der Waals surface area contributed by atoms with Gasteiger partial charge in [0.25, 0.3) is 0 Å². The standard InChI is InChI=1S/C19H13F6N3O/c20-18(21,22)13-8-12(9-14(11-13)19(23,24)25)10-17(29)26-16-6-7-28(27-16)15-4-2-1-3-5-15/h1-9,11H,10H2,(H,26,27,29). The minimum atomic E-state index is -4.97. The largest absolute Gasteiger partial charge is 0.416 e. The van der Waals surface area contributed by atoms with Crippen molar-refractivity contribution in [2.75, 3.05) is 5.32 Å². The third kappa shape index (κ3) is 5.15. The van der Waals surface area contributed by atoms with Gasteiger partial charge in [-0.1, -0.05) is 18.2 Å². The number of para-hydroxylation sites is 1. The maximum Gasteiger partial charge on any atom is 0.416 e. The average Bonchev–Trinajstić information content (AvgIpc) is 3.09. The van der Waals surface area contributed by atoms with Crippen molar-refractivity contribution >= 4 is 11.7 Å². The maximum atomic E-state index is 12.9. The van der Waals surface area contributed by atoms with Gasteiger partial charge in [0.1, 0.15) is 0 Å². The molecule has 152 valence electrons. The second-order valence-electron chi connectivity index (χ2n) is 6.12. The number of nitrogens with zero attached hydrogens (tertiary/aromatic N) is 2. The van der Waals surface area contributed by atoms with E-state index in [2.05, 4.69) is 10.4 Å². The van der Waals surface area contributed by atoms with Gasteiger partial charge in [-0.2, -0.15) is 31.4 Å². The zero-order chi connectivity index (χ0) is 21.2. The summed E-state index contributed by atoms with van der Waals surface area (Å²) in [6, 6.07) is 11.4. The van der Waals surface area contributed by atoms with E-state index in [0.29, 0.717) is 17.8 Å². The highest BCUT2D eigenvalue weighted by atomic mass is 19.4. The number of aromatic nitrogens is 2. The van der Waals surface area contributed by atoms with Crippen molar-refractivity contribution in [2.24, 2.45) is 0 Å². The molecule has 1 amide bonds. The molecule has 4 nitrogen and oxygen atoms in total. The van der Waals surface area contributed by atoms with Crippen LogP contribution < -0.4 is 5.32 Å². The van der Waals surface area contributed by atoms with E-state index in [1.165, 1.54) is 10.7 Å². The number of halogens is 6. The highest BCUT2D eigenvalue weighted by molar-refractivity contribution is 5.91. The SMILES string of the molecule is O=C(Cc1cc(C(F)(F)F)cc(C(F)(F)F)c1)Nc1ccn(-c2ccccc2)n1. The van der Waals surface area contributed by atoms with Crippen molar-refractivity contribution in [3.63, 3.8) is 0 Å². The van der Waals surface area contributed by atoms with Crippen LogP contribution in [0.5, 0.6) is 0 Å². The predicted molar refractivity (Wildman–Crippen MR) is 92.3 cm³/mol. The average molecular weight is 413 g/mol. The fourth-order valence-electron chi connectivity index (χ4n) is 2.61. The van der Waals surface area contributed by atoms with Crippen LogP contribution in [0.1, 0.15) is 16.7 Å². The summed E-state index contributed by atoms with van der Waals surface area (Å²) in [7, 11) is 0. The van der Waals surface area contributed by atoms with Gasteiger partial charge in [-0.05, 0) is 35.9 Å². The van der Waals surface area contributed by atoms with Crippen LogP contribution in [0.4, 0.5) is 32.2 Å². The fourth-order valence-corrected chi connectivity index (χ4v) is 2.61. The smallest absolute Gasteiger partial charge is 0.309 e. The summed E-state index contributed by atoms with van der Waals surface area (Å²) in [6.45, 7) is 0. The molecule has 0 fully saturated rings. The van der Waals surface area contributed by atoms with Gasteiger partial charge in [0.15, 0.2) is 5.82 Å². The number of hydrogen-bond donors (Lipinski definition) is 1. The van der Waals surface area contributed by atoms with Crippen molar-refractivity contribution in [2.45, 2.75) is 18.8 Å². The molecule has 1 aromatic heterocycles. The highest BCUT2D eigenvalue weighted by Gasteiger charge is 2.37. The molecule has 0 bridgehead atoms. The summed E-state index contributed by atoms with van der Waals surface area (Å²) in [6.07, 6.45) is -9.07. The second-order valence-corrected chi connectivity index (χ2v) is 6.12. The van der Waals surface area contributed by atoms with Gasteiger partial charge in [0.05, 0.1) is 23.2 Å². The summed E-state index contributed by atoms with van der Waals surface area (Å²) in [5.74, 6) is -0.683. The molecule has 0 aliphatic carbocycles. The molecule has 3 rings (SSSR count). The first-order valence-corrected chi connectivity index (χ1v) is 8.22.